The molecule has 0 aliphatic carbocycles. The Morgan fingerprint density at radius 3 is 2.53 bits per heavy atom. The van der Waals surface area contributed by atoms with E-state index in [1.54, 1.807) is 6.92 Å². The first-order valence-corrected chi connectivity index (χ1v) is 5.17. The van der Waals surface area contributed by atoms with E-state index in [1.165, 1.54) is 5.56 Å². The summed E-state index contributed by atoms with van der Waals surface area (Å²) in [5.41, 5.74) is 7.22. The molecule has 1 aliphatic rings. The Morgan fingerprint density at radius 1 is 1.20 bits per heavy atom. The Bertz CT molecular complexity index is 357. The van der Waals surface area contributed by atoms with Gasteiger partial charge in [-0.3, -0.25) is 0 Å². The van der Waals surface area contributed by atoms with Crippen LogP contribution in [0, 0.1) is 0 Å². The van der Waals surface area contributed by atoms with Gasteiger partial charge in [0, 0.05) is 5.70 Å². The summed E-state index contributed by atoms with van der Waals surface area (Å²) in [6, 6.07) is 10.3. The highest BCUT2D eigenvalue weighted by molar-refractivity contribution is 5.18. The van der Waals surface area contributed by atoms with Crippen LogP contribution in [0.1, 0.15) is 18.9 Å². The molecule has 2 rings (SSSR count). The van der Waals surface area contributed by atoms with E-state index in [9.17, 15) is 5.11 Å². The maximum Gasteiger partial charge on any atom is 0.150 e. The third-order valence-corrected chi connectivity index (χ3v) is 2.46. The van der Waals surface area contributed by atoms with Crippen LogP contribution in [0.4, 0.5) is 0 Å². The van der Waals surface area contributed by atoms with Crippen molar-refractivity contribution in [2.45, 2.75) is 25.5 Å². The maximum absolute atomic E-state index is 9.61. The average molecular weight is 204 g/mol. The molecule has 15 heavy (non-hydrogen) atoms. The number of hydrogen-bond donors (Lipinski definition) is 3. The van der Waals surface area contributed by atoms with E-state index < -0.39 is 5.72 Å². The van der Waals surface area contributed by atoms with Crippen molar-refractivity contribution < 1.29 is 5.11 Å². The fourth-order valence-electron chi connectivity index (χ4n) is 1.68. The van der Waals surface area contributed by atoms with Gasteiger partial charge in [0.2, 0.25) is 0 Å². The predicted octanol–water partition coefficient (Wildman–Crippen LogP) is 1.32. The van der Waals surface area contributed by atoms with Crippen molar-refractivity contribution in [1.82, 2.24) is 10.9 Å². The van der Waals surface area contributed by atoms with Gasteiger partial charge >= 0.3 is 0 Å². The molecule has 1 aromatic rings. The van der Waals surface area contributed by atoms with Gasteiger partial charge in [-0.15, -0.1) is 0 Å². The second kappa shape index (κ2) is 4.04. The zero-order chi connectivity index (χ0) is 10.7. The van der Waals surface area contributed by atoms with Crippen LogP contribution in [0.5, 0.6) is 0 Å². The molecule has 3 N–H and O–H groups in total. The van der Waals surface area contributed by atoms with Gasteiger partial charge in [0.25, 0.3) is 0 Å². The fraction of sp³-hybridized carbons (Fsp3) is 0.333. The Labute approximate surface area is 89.8 Å². The normalized spacial score (nSPS) is 24.8. The number of allylic oxidation sites excluding steroid dienone is 1. The Hall–Kier alpha value is -1.32. The van der Waals surface area contributed by atoms with Gasteiger partial charge in [0.15, 0.2) is 0 Å². The number of aliphatic hydroxyl groups is 1. The highest BCUT2D eigenvalue weighted by Crippen LogP contribution is 2.14. The first-order valence-electron chi connectivity index (χ1n) is 5.17. The van der Waals surface area contributed by atoms with Gasteiger partial charge in [0.1, 0.15) is 5.72 Å². The van der Waals surface area contributed by atoms with E-state index in [-0.39, 0.29) is 0 Å². The summed E-state index contributed by atoms with van der Waals surface area (Å²) in [7, 11) is 0. The lowest BCUT2D eigenvalue weighted by molar-refractivity contribution is 0.0754. The minimum Gasteiger partial charge on any atom is -0.371 e. The predicted molar refractivity (Wildman–Crippen MR) is 59.7 cm³/mol. The molecule has 0 bridgehead atoms. The van der Waals surface area contributed by atoms with E-state index in [1.807, 2.05) is 24.3 Å². The summed E-state index contributed by atoms with van der Waals surface area (Å²) < 4.78 is 0. The number of hydrazine groups is 1. The first kappa shape index (κ1) is 10.2. The van der Waals surface area contributed by atoms with E-state index >= 15 is 0 Å². The monoisotopic (exact) mass is 204 g/mol. The largest absolute Gasteiger partial charge is 0.371 e. The van der Waals surface area contributed by atoms with Gasteiger partial charge in [-0.1, -0.05) is 30.3 Å². The zero-order valence-corrected chi connectivity index (χ0v) is 8.83. The van der Waals surface area contributed by atoms with Crippen LogP contribution in [0.2, 0.25) is 0 Å². The molecule has 0 radical (unpaired) electrons. The Kier molecular flexibility index (Phi) is 2.75. The highest BCUT2D eigenvalue weighted by atomic mass is 16.3. The molecule has 1 aromatic carbocycles. The van der Waals surface area contributed by atoms with Crippen LogP contribution in [-0.2, 0) is 6.42 Å². The topological polar surface area (TPSA) is 44.3 Å². The SMILES string of the molecule is CC1(O)C=C(CCc2ccccc2)NN1. The minimum atomic E-state index is -0.911. The van der Waals surface area contributed by atoms with Gasteiger partial charge in [-0.25, -0.2) is 5.43 Å². The van der Waals surface area contributed by atoms with E-state index in [0.717, 1.165) is 18.5 Å². The van der Waals surface area contributed by atoms with Gasteiger partial charge in [-0.05, 0) is 31.4 Å². The molecule has 3 nitrogen and oxygen atoms in total. The molecular weight excluding hydrogens is 188 g/mol. The number of benzene rings is 1. The quantitative estimate of drug-likeness (QED) is 0.695. The van der Waals surface area contributed by atoms with Crippen LogP contribution in [0.25, 0.3) is 0 Å². The summed E-state index contributed by atoms with van der Waals surface area (Å²) in [5.74, 6) is 0. The smallest absolute Gasteiger partial charge is 0.150 e. The third-order valence-electron chi connectivity index (χ3n) is 2.46. The molecule has 1 unspecified atom stereocenters. The van der Waals surface area contributed by atoms with Crippen molar-refractivity contribution in [3.05, 3.63) is 47.7 Å². The van der Waals surface area contributed by atoms with Crippen LogP contribution < -0.4 is 10.9 Å². The molecule has 1 atom stereocenters. The second-order valence-electron chi connectivity index (χ2n) is 4.05. The van der Waals surface area contributed by atoms with E-state index in [4.69, 9.17) is 0 Å². The number of hydrogen-bond acceptors (Lipinski definition) is 3. The van der Waals surface area contributed by atoms with Gasteiger partial charge in [-0.2, -0.15) is 0 Å². The molecule has 80 valence electrons. The van der Waals surface area contributed by atoms with Crippen molar-refractivity contribution in [1.29, 1.82) is 0 Å². The number of rotatable bonds is 3. The summed E-state index contributed by atoms with van der Waals surface area (Å²) in [5, 5.41) is 9.61. The molecule has 0 aromatic heterocycles. The zero-order valence-electron chi connectivity index (χ0n) is 8.83. The van der Waals surface area contributed by atoms with Crippen LogP contribution >= 0.6 is 0 Å². The molecule has 0 amide bonds. The molecular formula is C12H16N2O. The lowest BCUT2D eigenvalue weighted by Gasteiger charge is -2.12. The van der Waals surface area contributed by atoms with Crippen molar-refractivity contribution in [3.63, 3.8) is 0 Å². The summed E-state index contributed by atoms with van der Waals surface area (Å²) in [6.45, 7) is 1.72. The van der Waals surface area contributed by atoms with Crippen LogP contribution in [0.3, 0.4) is 0 Å². The summed E-state index contributed by atoms with van der Waals surface area (Å²) >= 11 is 0. The van der Waals surface area contributed by atoms with Crippen molar-refractivity contribution >= 4 is 0 Å². The summed E-state index contributed by atoms with van der Waals surface area (Å²) in [4.78, 5) is 0. The van der Waals surface area contributed by atoms with Crippen molar-refractivity contribution in [3.8, 4) is 0 Å². The third kappa shape index (κ3) is 2.81. The molecule has 1 aliphatic heterocycles. The average Bonchev–Trinajstić information content (AvgIpc) is 2.57. The number of nitrogens with one attached hydrogen (secondary N) is 2. The van der Waals surface area contributed by atoms with Crippen molar-refractivity contribution in [2.24, 2.45) is 0 Å². The molecule has 0 fully saturated rings. The molecule has 3 heteroatoms. The standard InChI is InChI=1S/C12H16N2O/c1-12(15)9-11(13-14-12)8-7-10-5-3-2-4-6-10/h2-6,9,13-15H,7-8H2,1H3. The van der Waals surface area contributed by atoms with E-state index in [2.05, 4.69) is 23.0 Å². The Morgan fingerprint density at radius 2 is 1.93 bits per heavy atom. The highest BCUT2D eigenvalue weighted by Gasteiger charge is 2.23. The Balaban J connectivity index is 1.90. The molecule has 0 saturated heterocycles. The lowest BCUT2D eigenvalue weighted by atomic mass is 10.1. The minimum absolute atomic E-state index is 0.910. The molecule has 0 saturated carbocycles. The van der Waals surface area contributed by atoms with Crippen molar-refractivity contribution in [2.75, 3.05) is 0 Å². The lowest BCUT2D eigenvalue weighted by Crippen LogP contribution is -2.41. The fourth-order valence-corrected chi connectivity index (χ4v) is 1.68. The maximum atomic E-state index is 9.61. The summed E-state index contributed by atoms with van der Waals surface area (Å²) in [6.07, 6.45) is 3.71. The first-order chi connectivity index (χ1) is 7.16. The number of aryl methyl sites for hydroxylation is 1. The molecule has 0 spiro atoms. The van der Waals surface area contributed by atoms with Crippen LogP contribution in [-0.4, -0.2) is 10.8 Å². The second-order valence-corrected chi connectivity index (χ2v) is 4.05. The van der Waals surface area contributed by atoms with Crippen LogP contribution in [0.15, 0.2) is 42.1 Å². The van der Waals surface area contributed by atoms with E-state index in [0.29, 0.717) is 0 Å². The van der Waals surface area contributed by atoms with Gasteiger partial charge < -0.3 is 10.5 Å². The molecule has 1 heterocycles. The van der Waals surface area contributed by atoms with Gasteiger partial charge in [0.05, 0.1) is 0 Å².